The Hall–Kier alpha value is -1.13. The molecule has 0 amide bonds. The maximum atomic E-state index is 4.96. The molecule has 20 heavy (non-hydrogen) atoms. The molecule has 3 aliphatic rings. The van der Waals surface area contributed by atoms with Gasteiger partial charge in [0.2, 0.25) is 0 Å². The van der Waals surface area contributed by atoms with Gasteiger partial charge in [-0.3, -0.25) is 0 Å². The van der Waals surface area contributed by atoms with Gasteiger partial charge in [-0.2, -0.15) is 0 Å². The lowest BCUT2D eigenvalue weighted by molar-refractivity contribution is 0.458. The second kappa shape index (κ2) is 5.34. The first-order valence-corrected chi connectivity index (χ1v) is 8.54. The van der Waals surface area contributed by atoms with Gasteiger partial charge in [0.15, 0.2) is 0 Å². The molecule has 1 aliphatic carbocycles. The molecule has 4 heteroatoms. The van der Waals surface area contributed by atoms with Gasteiger partial charge in [0.25, 0.3) is 0 Å². The topological polar surface area (TPSA) is 37.0 Å². The molecular formula is C16H21N3S. The number of rotatable bonds is 2. The highest BCUT2D eigenvalue weighted by atomic mass is 32.1. The average Bonchev–Trinajstić information content (AvgIpc) is 2.75. The smallest absolute Gasteiger partial charge is 0.112 e. The van der Waals surface area contributed by atoms with Crippen LogP contribution in [0.25, 0.3) is 0 Å². The Morgan fingerprint density at radius 2 is 2.00 bits per heavy atom. The van der Waals surface area contributed by atoms with Crippen LogP contribution < -0.4 is 10.6 Å². The third-order valence-electron chi connectivity index (χ3n) is 4.69. The molecular weight excluding hydrogens is 266 g/mol. The maximum Gasteiger partial charge on any atom is 0.112 e. The van der Waals surface area contributed by atoms with Gasteiger partial charge in [-0.1, -0.05) is 18.2 Å². The van der Waals surface area contributed by atoms with Crippen molar-refractivity contribution in [1.29, 1.82) is 0 Å². The summed E-state index contributed by atoms with van der Waals surface area (Å²) < 4.78 is 0. The van der Waals surface area contributed by atoms with Gasteiger partial charge in [-0.05, 0) is 44.3 Å². The maximum absolute atomic E-state index is 4.96. The fourth-order valence-corrected chi connectivity index (χ4v) is 4.50. The van der Waals surface area contributed by atoms with Crippen molar-refractivity contribution in [1.82, 2.24) is 10.3 Å². The Labute approximate surface area is 124 Å². The van der Waals surface area contributed by atoms with Crippen LogP contribution in [0.3, 0.4) is 0 Å². The highest BCUT2D eigenvalue weighted by molar-refractivity contribution is 7.16. The van der Waals surface area contributed by atoms with E-state index in [2.05, 4.69) is 28.9 Å². The fourth-order valence-electron chi connectivity index (χ4n) is 3.31. The molecule has 0 aromatic carbocycles. The highest BCUT2D eigenvalue weighted by Gasteiger charge is 2.25. The summed E-state index contributed by atoms with van der Waals surface area (Å²) in [6.07, 6.45) is 11.5. The number of aromatic nitrogens is 1. The van der Waals surface area contributed by atoms with Crippen molar-refractivity contribution in [2.24, 2.45) is 5.92 Å². The van der Waals surface area contributed by atoms with Crippen LogP contribution >= 0.6 is 11.3 Å². The highest BCUT2D eigenvalue weighted by Crippen LogP contribution is 2.37. The normalized spacial score (nSPS) is 26.2. The lowest BCUT2D eigenvalue weighted by atomic mass is 9.89. The first kappa shape index (κ1) is 12.6. The molecule has 1 saturated heterocycles. The van der Waals surface area contributed by atoms with Crippen molar-refractivity contribution in [2.75, 3.05) is 25.0 Å². The molecule has 2 aliphatic heterocycles. The molecule has 3 heterocycles. The number of piperidine rings is 1. The van der Waals surface area contributed by atoms with E-state index in [-0.39, 0.29) is 0 Å². The first-order chi connectivity index (χ1) is 9.90. The summed E-state index contributed by atoms with van der Waals surface area (Å²) in [5, 5.41) is 9.79. The largest absolute Gasteiger partial charge is 0.375 e. The second-order valence-corrected chi connectivity index (χ2v) is 7.03. The van der Waals surface area contributed by atoms with Crippen LogP contribution in [0.1, 0.15) is 35.9 Å². The van der Waals surface area contributed by atoms with Gasteiger partial charge in [0, 0.05) is 18.4 Å². The summed E-state index contributed by atoms with van der Waals surface area (Å²) in [7, 11) is 0. The number of aryl methyl sites for hydroxylation is 1. The van der Waals surface area contributed by atoms with Crippen LogP contribution in [-0.4, -0.2) is 24.6 Å². The van der Waals surface area contributed by atoms with Crippen LogP contribution in [0, 0.1) is 5.92 Å². The van der Waals surface area contributed by atoms with Crippen molar-refractivity contribution in [3.63, 3.8) is 0 Å². The summed E-state index contributed by atoms with van der Waals surface area (Å²) >= 11 is 1.91. The number of allylic oxidation sites excluding steroid dienone is 3. The van der Waals surface area contributed by atoms with E-state index in [1.807, 2.05) is 11.3 Å². The Morgan fingerprint density at radius 3 is 2.75 bits per heavy atom. The number of nitrogens with zero attached hydrogens (tertiary/aromatic N) is 1. The van der Waals surface area contributed by atoms with Gasteiger partial charge < -0.3 is 10.6 Å². The number of hydrogen-bond donors (Lipinski definition) is 2. The molecule has 1 aromatic rings. The minimum absolute atomic E-state index is 0.670. The van der Waals surface area contributed by atoms with Crippen molar-refractivity contribution in [3.8, 4) is 0 Å². The van der Waals surface area contributed by atoms with E-state index in [0.717, 1.165) is 26.1 Å². The van der Waals surface area contributed by atoms with E-state index in [9.17, 15) is 0 Å². The third kappa shape index (κ3) is 2.31. The van der Waals surface area contributed by atoms with Gasteiger partial charge in [0.1, 0.15) is 5.00 Å². The predicted octanol–water partition coefficient (Wildman–Crippen LogP) is 3.08. The van der Waals surface area contributed by atoms with E-state index >= 15 is 0 Å². The van der Waals surface area contributed by atoms with Gasteiger partial charge in [-0.15, -0.1) is 11.3 Å². The third-order valence-corrected chi connectivity index (χ3v) is 5.91. The van der Waals surface area contributed by atoms with Crippen molar-refractivity contribution in [2.45, 2.75) is 31.6 Å². The summed E-state index contributed by atoms with van der Waals surface area (Å²) in [6.45, 7) is 3.35. The molecule has 1 atom stereocenters. The molecule has 0 spiro atoms. The van der Waals surface area contributed by atoms with Gasteiger partial charge in [-0.25, -0.2) is 4.98 Å². The molecule has 2 N–H and O–H groups in total. The number of nitrogens with one attached hydrogen (secondary N) is 2. The molecule has 4 rings (SSSR count). The van der Waals surface area contributed by atoms with Gasteiger partial charge in [0.05, 0.1) is 10.7 Å². The van der Waals surface area contributed by atoms with E-state index in [4.69, 9.17) is 4.98 Å². The minimum Gasteiger partial charge on any atom is -0.375 e. The molecule has 106 valence electrons. The van der Waals surface area contributed by atoms with Crippen LogP contribution in [0.5, 0.6) is 0 Å². The summed E-state index contributed by atoms with van der Waals surface area (Å²) in [4.78, 5) is 4.96. The van der Waals surface area contributed by atoms with Crippen molar-refractivity contribution < 1.29 is 0 Å². The first-order valence-electron chi connectivity index (χ1n) is 7.72. The second-order valence-electron chi connectivity index (χ2n) is 5.99. The quantitative estimate of drug-likeness (QED) is 0.877. The Balaban J connectivity index is 1.48. The zero-order valence-electron chi connectivity index (χ0n) is 11.7. The zero-order valence-corrected chi connectivity index (χ0v) is 12.5. The molecule has 1 aromatic heterocycles. The fraction of sp³-hybridized carbons (Fsp3) is 0.562. The molecule has 3 nitrogen and oxygen atoms in total. The monoisotopic (exact) mass is 287 g/mol. The Kier molecular flexibility index (Phi) is 3.36. The molecule has 1 fully saturated rings. The number of hydrogen-bond acceptors (Lipinski definition) is 4. The van der Waals surface area contributed by atoms with E-state index in [0.29, 0.717) is 11.8 Å². The summed E-state index contributed by atoms with van der Waals surface area (Å²) in [6, 6.07) is 0. The number of fused-ring (bicyclic) bond motifs is 1. The standard InChI is InChI=1S/C16H21N3S/c1-2-11(3-1)13-4-5-14-16(18-10-13)20-15(19-14)12-6-8-17-9-7-12/h1-3,12-13,17-18H,4-10H2. The summed E-state index contributed by atoms with van der Waals surface area (Å²) in [5.74, 6) is 1.35. The lowest BCUT2D eigenvalue weighted by Gasteiger charge is -2.21. The Bertz CT molecular complexity index is 527. The van der Waals surface area contributed by atoms with E-state index in [1.54, 1.807) is 0 Å². The van der Waals surface area contributed by atoms with Crippen molar-refractivity contribution >= 4 is 16.3 Å². The molecule has 0 radical (unpaired) electrons. The van der Waals surface area contributed by atoms with Crippen LogP contribution in [0.4, 0.5) is 5.00 Å². The SMILES string of the molecule is C1=CC(C2CCc3nc(C4CCNCC4)sc3NC2)=C1. The Morgan fingerprint density at radius 1 is 1.15 bits per heavy atom. The van der Waals surface area contributed by atoms with Crippen LogP contribution in [0.2, 0.25) is 0 Å². The predicted molar refractivity (Wildman–Crippen MR) is 84.5 cm³/mol. The number of thiazole rings is 1. The lowest BCUT2D eigenvalue weighted by Crippen LogP contribution is -2.26. The molecule has 1 unspecified atom stereocenters. The molecule has 0 saturated carbocycles. The minimum atomic E-state index is 0.670. The van der Waals surface area contributed by atoms with Crippen molar-refractivity contribution in [3.05, 3.63) is 34.5 Å². The summed E-state index contributed by atoms with van der Waals surface area (Å²) in [5.41, 5.74) is 2.82. The van der Waals surface area contributed by atoms with Crippen LogP contribution in [-0.2, 0) is 6.42 Å². The van der Waals surface area contributed by atoms with E-state index in [1.165, 1.54) is 40.5 Å². The zero-order chi connectivity index (χ0) is 13.4. The van der Waals surface area contributed by atoms with E-state index < -0.39 is 0 Å². The van der Waals surface area contributed by atoms with Gasteiger partial charge >= 0.3 is 0 Å². The average molecular weight is 287 g/mol. The number of anilines is 1. The molecule has 0 bridgehead atoms. The van der Waals surface area contributed by atoms with Crippen LogP contribution in [0.15, 0.2) is 23.8 Å².